The highest BCUT2D eigenvalue weighted by Gasteiger charge is 2.30. The first-order valence-corrected chi connectivity index (χ1v) is 9.46. The van der Waals surface area contributed by atoms with Crippen LogP contribution in [0, 0.1) is 0 Å². The highest BCUT2D eigenvalue weighted by molar-refractivity contribution is 7.98. The molecule has 4 nitrogen and oxygen atoms in total. The second-order valence-corrected chi connectivity index (χ2v) is 6.50. The lowest BCUT2D eigenvalue weighted by molar-refractivity contribution is -0.150. The average molecular weight is 400 g/mol. The van der Waals surface area contributed by atoms with Gasteiger partial charge in [0.2, 0.25) is 0 Å². The highest BCUT2D eigenvalue weighted by atomic mass is 32.2. The Bertz CT molecular complexity index is 730. The summed E-state index contributed by atoms with van der Waals surface area (Å²) >= 11 is 1.58. The summed E-state index contributed by atoms with van der Waals surface area (Å²) < 4.78 is 53.7. The zero-order valence-corrected chi connectivity index (χ0v) is 15.6. The summed E-state index contributed by atoms with van der Waals surface area (Å²) in [7, 11) is 0. The summed E-state index contributed by atoms with van der Waals surface area (Å²) in [5.41, 5.74) is -0.739. The molecule has 1 unspecified atom stereocenters. The van der Waals surface area contributed by atoms with Crippen LogP contribution < -0.4 is 9.47 Å². The molecule has 0 aromatic heterocycles. The Hall–Kier alpha value is -2.35. The molecule has 27 heavy (non-hydrogen) atoms. The van der Waals surface area contributed by atoms with Gasteiger partial charge in [-0.05, 0) is 61.7 Å². The van der Waals surface area contributed by atoms with Crippen molar-refractivity contribution in [3.8, 4) is 17.2 Å². The molecule has 0 spiro atoms. The van der Waals surface area contributed by atoms with E-state index in [-0.39, 0.29) is 5.75 Å². The molecule has 0 saturated carbocycles. The zero-order valence-electron chi connectivity index (χ0n) is 14.8. The van der Waals surface area contributed by atoms with Gasteiger partial charge in [-0.15, -0.1) is 0 Å². The fourth-order valence-corrected chi connectivity index (χ4v) is 2.28. The Balaban J connectivity index is 1.90. The lowest BCUT2D eigenvalue weighted by Gasteiger charge is -2.14. The van der Waals surface area contributed by atoms with Crippen molar-refractivity contribution in [3.63, 3.8) is 0 Å². The minimum absolute atomic E-state index is 0.280. The largest absolute Gasteiger partial charge is 0.479 e. The van der Waals surface area contributed by atoms with Crippen LogP contribution in [0.4, 0.5) is 13.2 Å². The number of hydrogen-bond donors (Lipinski definition) is 0. The van der Waals surface area contributed by atoms with Crippen molar-refractivity contribution in [3.05, 3.63) is 54.1 Å². The Morgan fingerprint density at radius 2 is 1.52 bits per heavy atom. The highest BCUT2D eigenvalue weighted by Crippen LogP contribution is 2.31. The topological polar surface area (TPSA) is 44.8 Å². The van der Waals surface area contributed by atoms with Crippen LogP contribution in [0.2, 0.25) is 0 Å². The number of carbonyl (C=O) groups excluding carboxylic acids is 1. The first kappa shape index (κ1) is 21.0. The van der Waals surface area contributed by atoms with Gasteiger partial charge in [0.05, 0.1) is 5.56 Å². The van der Waals surface area contributed by atoms with Crippen molar-refractivity contribution in [2.45, 2.75) is 19.2 Å². The third-order valence-electron chi connectivity index (χ3n) is 3.42. The fourth-order valence-electron chi connectivity index (χ4n) is 2.03. The Morgan fingerprint density at radius 3 is 2.04 bits per heavy atom. The molecular weight excluding hydrogens is 381 g/mol. The molecule has 0 fully saturated rings. The van der Waals surface area contributed by atoms with Crippen molar-refractivity contribution >= 4 is 17.7 Å². The number of esters is 1. The molecule has 0 amide bonds. The van der Waals surface area contributed by atoms with E-state index in [2.05, 4.69) is 0 Å². The van der Waals surface area contributed by atoms with Gasteiger partial charge in [0.15, 0.2) is 6.10 Å². The van der Waals surface area contributed by atoms with Crippen LogP contribution in [0.1, 0.15) is 12.5 Å². The molecule has 0 bridgehead atoms. The minimum Gasteiger partial charge on any atom is -0.479 e. The quantitative estimate of drug-likeness (QED) is 0.452. The zero-order chi connectivity index (χ0) is 19.9. The summed E-state index contributed by atoms with van der Waals surface area (Å²) in [5.74, 6) is 1.42. The number of benzene rings is 2. The van der Waals surface area contributed by atoms with Crippen LogP contribution in [-0.4, -0.2) is 30.7 Å². The number of thioether (sulfide) groups is 1. The van der Waals surface area contributed by atoms with Gasteiger partial charge in [0.25, 0.3) is 0 Å². The normalized spacial score (nSPS) is 12.3. The molecule has 146 valence electrons. The third kappa shape index (κ3) is 6.71. The standard InChI is InChI=1S/C19H19F3O4S/c1-13(18(23)24-11-12-27-2)25-15-7-9-17(10-8-15)26-16-5-3-14(4-6-16)19(20,21)22/h3-10,13H,11-12H2,1-2H3. The predicted octanol–water partition coefficient (Wildman–Crippen LogP) is 5.17. The molecule has 0 saturated heterocycles. The smallest absolute Gasteiger partial charge is 0.416 e. The Kier molecular flexibility index (Phi) is 7.41. The van der Waals surface area contributed by atoms with E-state index < -0.39 is 23.8 Å². The average Bonchev–Trinajstić information content (AvgIpc) is 2.63. The van der Waals surface area contributed by atoms with Crippen molar-refractivity contribution in [1.29, 1.82) is 0 Å². The van der Waals surface area contributed by atoms with Crippen LogP contribution in [0.15, 0.2) is 48.5 Å². The second-order valence-electron chi connectivity index (χ2n) is 5.52. The number of carbonyl (C=O) groups is 1. The van der Waals surface area contributed by atoms with Gasteiger partial charge in [-0.2, -0.15) is 24.9 Å². The number of alkyl halides is 3. The maximum atomic E-state index is 12.6. The van der Waals surface area contributed by atoms with Crippen LogP contribution >= 0.6 is 11.8 Å². The molecular formula is C19H19F3O4S. The molecule has 0 aliphatic carbocycles. The molecule has 8 heteroatoms. The molecule has 0 aliphatic rings. The summed E-state index contributed by atoms with van der Waals surface area (Å²) in [4.78, 5) is 11.8. The van der Waals surface area contributed by atoms with E-state index in [0.717, 1.165) is 12.1 Å². The predicted molar refractivity (Wildman–Crippen MR) is 97.4 cm³/mol. The number of hydrogen-bond acceptors (Lipinski definition) is 5. The lowest BCUT2D eigenvalue weighted by atomic mass is 10.2. The monoisotopic (exact) mass is 400 g/mol. The van der Waals surface area contributed by atoms with Gasteiger partial charge in [-0.1, -0.05) is 0 Å². The summed E-state index contributed by atoms with van der Waals surface area (Å²) in [5, 5.41) is 0. The minimum atomic E-state index is -4.38. The fraction of sp³-hybridized carbons (Fsp3) is 0.316. The molecule has 0 radical (unpaired) electrons. The van der Waals surface area contributed by atoms with E-state index in [1.807, 2.05) is 6.26 Å². The SMILES string of the molecule is CSCCOC(=O)C(C)Oc1ccc(Oc2ccc(C(F)(F)F)cc2)cc1. The van der Waals surface area contributed by atoms with Crippen molar-refractivity contribution in [2.75, 3.05) is 18.6 Å². The first-order valence-electron chi connectivity index (χ1n) is 8.07. The van der Waals surface area contributed by atoms with E-state index in [1.165, 1.54) is 12.1 Å². The van der Waals surface area contributed by atoms with E-state index in [9.17, 15) is 18.0 Å². The second kappa shape index (κ2) is 9.55. The maximum Gasteiger partial charge on any atom is 0.416 e. The molecule has 2 aromatic carbocycles. The van der Waals surface area contributed by atoms with Crippen molar-refractivity contribution in [2.24, 2.45) is 0 Å². The van der Waals surface area contributed by atoms with Gasteiger partial charge in [0.1, 0.15) is 23.9 Å². The third-order valence-corrected chi connectivity index (χ3v) is 3.99. The van der Waals surface area contributed by atoms with Crippen molar-refractivity contribution < 1.29 is 32.2 Å². The van der Waals surface area contributed by atoms with Gasteiger partial charge in [0, 0.05) is 5.75 Å². The number of halogens is 3. The lowest BCUT2D eigenvalue weighted by Crippen LogP contribution is -2.26. The van der Waals surface area contributed by atoms with Crippen LogP contribution in [0.25, 0.3) is 0 Å². The van der Waals surface area contributed by atoms with Crippen LogP contribution in [-0.2, 0) is 15.7 Å². The van der Waals surface area contributed by atoms with E-state index >= 15 is 0 Å². The summed E-state index contributed by atoms with van der Waals surface area (Å²) in [6, 6.07) is 10.8. The van der Waals surface area contributed by atoms with E-state index in [1.54, 1.807) is 43.0 Å². The maximum absolute atomic E-state index is 12.6. The molecule has 0 heterocycles. The van der Waals surface area contributed by atoms with E-state index in [4.69, 9.17) is 14.2 Å². The summed E-state index contributed by atoms with van der Waals surface area (Å²) in [6.07, 6.45) is -3.22. The van der Waals surface area contributed by atoms with Gasteiger partial charge in [-0.3, -0.25) is 0 Å². The van der Waals surface area contributed by atoms with Gasteiger partial charge in [-0.25, -0.2) is 4.79 Å². The molecule has 1 atom stereocenters. The van der Waals surface area contributed by atoms with Crippen LogP contribution in [0.3, 0.4) is 0 Å². The molecule has 2 aromatic rings. The Labute approximate surface area is 159 Å². The number of rotatable bonds is 8. The van der Waals surface area contributed by atoms with Crippen LogP contribution in [0.5, 0.6) is 17.2 Å². The summed E-state index contributed by atoms with van der Waals surface area (Å²) in [6.45, 7) is 1.92. The molecule has 2 rings (SSSR count). The Morgan fingerprint density at radius 1 is 1.00 bits per heavy atom. The molecule has 0 aliphatic heterocycles. The van der Waals surface area contributed by atoms with Gasteiger partial charge < -0.3 is 14.2 Å². The van der Waals surface area contributed by atoms with Gasteiger partial charge >= 0.3 is 12.1 Å². The first-order chi connectivity index (χ1) is 12.8. The molecule has 0 N–H and O–H groups in total. The van der Waals surface area contributed by atoms with E-state index in [0.29, 0.717) is 23.9 Å². The van der Waals surface area contributed by atoms with Crippen molar-refractivity contribution in [1.82, 2.24) is 0 Å². The number of ether oxygens (including phenoxy) is 3.